The molecule has 0 aromatic heterocycles. The molecule has 1 saturated heterocycles. The Hall–Kier alpha value is -1.29. The monoisotopic (exact) mass is 224 g/mol. The molecule has 0 amide bonds. The number of ether oxygens (including phenoxy) is 1. The highest BCUT2D eigenvalue weighted by molar-refractivity contribution is 5.56. The summed E-state index contributed by atoms with van der Waals surface area (Å²) in [5.74, 6) is 1.06. The van der Waals surface area contributed by atoms with Crippen molar-refractivity contribution in [3.8, 4) is 5.75 Å². The largest absolute Gasteiger partial charge is 0.495 e. The molecule has 2 N–H and O–H groups in total. The number of hydrogen-bond donors (Lipinski definition) is 2. The van der Waals surface area contributed by atoms with Gasteiger partial charge in [0.05, 0.1) is 12.8 Å². The summed E-state index contributed by atoms with van der Waals surface area (Å²) in [6.07, 6.45) is 1.17. The summed E-state index contributed by atoms with van der Waals surface area (Å²) in [7, 11) is 1.59. The fraction of sp³-hybridized carbons (Fsp3) is 0.500. The Kier molecular flexibility index (Phi) is 3.62. The molecule has 4 heteroatoms. The minimum atomic E-state index is -0.243. The first-order chi connectivity index (χ1) is 7.79. The average Bonchev–Trinajstić information content (AvgIpc) is 2.79. The van der Waals surface area contributed by atoms with E-state index in [0.717, 1.165) is 25.3 Å². The Labute approximate surface area is 95.0 Å². The van der Waals surface area contributed by atoms with Crippen molar-refractivity contribution < 1.29 is 9.13 Å². The van der Waals surface area contributed by atoms with Crippen LogP contribution in [-0.4, -0.2) is 26.7 Å². The molecule has 3 nitrogen and oxygen atoms in total. The molecule has 2 rings (SSSR count). The van der Waals surface area contributed by atoms with Gasteiger partial charge >= 0.3 is 0 Å². The zero-order valence-corrected chi connectivity index (χ0v) is 9.42. The van der Waals surface area contributed by atoms with Crippen LogP contribution in [0.1, 0.15) is 6.42 Å². The number of rotatable bonds is 4. The van der Waals surface area contributed by atoms with Gasteiger partial charge in [-0.25, -0.2) is 4.39 Å². The van der Waals surface area contributed by atoms with Crippen LogP contribution in [0, 0.1) is 11.7 Å². The van der Waals surface area contributed by atoms with Crippen LogP contribution in [0.25, 0.3) is 0 Å². The molecule has 1 fully saturated rings. The minimum absolute atomic E-state index is 0.243. The van der Waals surface area contributed by atoms with E-state index in [-0.39, 0.29) is 5.82 Å². The maximum Gasteiger partial charge on any atom is 0.142 e. The lowest BCUT2D eigenvalue weighted by Gasteiger charge is -2.14. The summed E-state index contributed by atoms with van der Waals surface area (Å²) in [6.45, 7) is 2.96. The standard InChI is InChI=1S/C12H17FN2O/c1-16-12-3-2-10(13)6-11(12)15-8-9-4-5-14-7-9/h2-3,6,9,14-15H,4-5,7-8H2,1H3. The van der Waals surface area contributed by atoms with Crippen LogP contribution in [0.3, 0.4) is 0 Å². The van der Waals surface area contributed by atoms with Gasteiger partial charge in [0.15, 0.2) is 0 Å². The molecule has 0 bridgehead atoms. The van der Waals surface area contributed by atoms with Crippen molar-refractivity contribution in [3.05, 3.63) is 24.0 Å². The second-order valence-corrected chi connectivity index (χ2v) is 4.08. The molecular weight excluding hydrogens is 207 g/mol. The zero-order valence-electron chi connectivity index (χ0n) is 9.42. The van der Waals surface area contributed by atoms with Crippen molar-refractivity contribution in [2.24, 2.45) is 5.92 Å². The lowest BCUT2D eigenvalue weighted by Crippen LogP contribution is -2.17. The average molecular weight is 224 g/mol. The first-order valence-corrected chi connectivity index (χ1v) is 5.57. The van der Waals surface area contributed by atoms with E-state index < -0.39 is 0 Å². The SMILES string of the molecule is COc1ccc(F)cc1NCC1CCNC1. The molecule has 1 aromatic rings. The Balaban J connectivity index is 1.98. The third-order valence-corrected chi connectivity index (χ3v) is 2.91. The third kappa shape index (κ3) is 2.64. The number of halogens is 1. The number of hydrogen-bond acceptors (Lipinski definition) is 3. The summed E-state index contributed by atoms with van der Waals surface area (Å²) in [6, 6.07) is 4.52. The van der Waals surface area contributed by atoms with E-state index in [9.17, 15) is 4.39 Å². The van der Waals surface area contributed by atoms with E-state index in [1.165, 1.54) is 18.6 Å². The normalized spacial score (nSPS) is 19.8. The van der Waals surface area contributed by atoms with Gasteiger partial charge in [-0.15, -0.1) is 0 Å². The van der Waals surface area contributed by atoms with Crippen molar-refractivity contribution in [1.82, 2.24) is 5.32 Å². The topological polar surface area (TPSA) is 33.3 Å². The van der Waals surface area contributed by atoms with E-state index in [0.29, 0.717) is 11.7 Å². The molecule has 88 valence electrons. The van der Waals surface area contributed by atoms with E-state index in [4.69, 9.17) is 4.74 Å². The van der Waals surface area contributed by atoms with Gasteiger partial charge in [0, 0.05) is 12.6 Å². The Morgan fingerprint density at radius 1 is 1.56 bits per heavy atom. The van der Waals surface area contributed by atoms with Crippen LogP contribution < -0.4 is 15.4 Å². The van der Waals surface area contributed by atoms with Crippen LogP contribution in [-0.2, 0) is 0 Å². The fourth-order valence-electron chi connectivity index (χ4n) is 1.96. The van der Waals surface area contributed by atoms with Crippen molar-refractivity contribution in [1.29, 1.82) is 0 Å². The molecule has 1 heterocycles. The Bertz CT molecular complexity index is 351. The summed E-state index contributed by atoms with van der Waals surface area (Å²) in [4.78, 5) is 0. The molecule has 1 unspecified atom stereocenters. The lowest BCUT2D eigenvalue weighted by molar-refractivity contribution is 0.415. The van der Waals surface area contributed by atoms with Crippen LogP contribution in [0.15, 0.2) is 18.2 Å². The quantitative estimate of drug-likeness (QED) is 0.819. The minimum Gasteiger partial charge on any atom is -0.495 e. The molecule has 1 aromatic carbocycles. The smallest absolute Gasteiger partial charge is 0.142 e. The zero-order chi connectivity index (χ0) is 11.4. The molecule has 16 heavy (non-hydrogen) atoms. The molecule has 1 aliphatic rings. The van der Waals surface area contributed by atoms with Gasteiger partial charge in [0.2, 0.25) is 0 Å². The maximum absolute atomic E-state index is 13.1. The molecular formula is C12H17FN2O. The van der Waals surface area contributed by atoms with E-state index in [1.54, 1.807) is 13.2 Å². The molecule has 1 atom stereocenters. The summed E-state index contributed by atoms with van der Waals surface area (Å²) in [5, 5.41) is 6.55. The van der Waals surface area contributed by atoms with Crippen LogP contribution >= 0.6 is 0 Å². The maximum atomic E-state index is 13.1. The van der Waals surface area contributed by atoms with Gasteiger partial charge in [0.25, 0.3) is 0 Å². The summed E-state index contributed by atoms with van der Waals surface area (Å²) < 4.78 is 18.2. The van der Waals surface area contributed by atoms with Crippen molar-refractivity contribution >= 4 is 5.69 Å². The number of methoxy groups -OCH3 is 1. The van der Waals surface area contributed by atoms with Crippen molar-refractivity contribution in [2.45, 2.75) is 6.42 Å². The number of anilines is 1. The van der Waals surface area contributed by atoms with Gasteiger partial charge in [-0.2, -0.15) is 0 Å². The Morgan fingerprint density at radius 3 is 3.12 bits per heavy atom. The second-order valence-electron chi connectivity index (χ2n) is 4.08. The van der Waals surface area contributed by atoms with Gasteiger partial charge < -0.3 is 15.4 Å². The number of benzene rings is 1. The summed E-state index contributed by atoms with van der Waals surface area (Å²) >= 11 is 0. The van der Waals surface area contributed by atoms with Crippen LogP contribution in [0.5, 0.6) is 5.75 Å². The first-order valence-electron chi connectivity index (χ1n) is 5.57. The van der Waals surface area contributed by atoms with Crippen molar-refractivity contribution in [3.63, 3.8) is 0 Å². The van der Waals surface area contributed by atoms with Crippen molar-refractivity contribution in [2.75, 3.05) is 32.1 Å². The fourth-order valence-corrected chi connectivity index (χ4v) is 1.96. The highest BCUT2D eigenvalue weighted by atomic mass is 19.1. The predicted molar refractivity (Wildman–Crippen MR) is 62.4 cm³/mol. The van der Waals surface area contributed by atoms with E-state index in [1.807, 2.05) is 0 Å². The van der Waals surface area contributed by atoms with Gasteiger partial charge in [-0.05, 0) is 37.6 Å². The second kappa shape index (κ2) is 5.16. The van der Waals surface area contributed by atoms with E-state index in [2.05, 4.69) is 10.6 Å². The molecule has 0 radical (unpaired) electrons. The molecule has 0 spiro atoms. The highest BCUT2D eigenvalue weighted by Gasteiger charge is 2.14. The molecule has 0 saturated carbocycles. The first kappa shape index (κ1) is 11.2. The Morgan fingerprint density at radius 2 is 2.44 bits per heavy atom. The third-order valence-electron chi connectivity index (χ3n) is 2.91. The van der Waals surface area contributed by atoms with Gasteiger partial charge in [0.1, 0.15) is 11.6 Å². The van der Waals surface area contributed by atoms with Crippen LogP contribution in [0.4, 0.5) is 10.1 Å². The van der Waals surface area contributed by atoms with E-state index >= 15 is 0 Å². The van der Waals surface area contributed by atoms with Gasteiger partial charge in [-0.3, -0.25) is 0 Å². The number of nitrogens with one attached hydrogen (secondary N) is 2. The lowest BCUT2D eigenvalue weighted by atomic mass is 10.1. The highest BCUT2D eigenvalue weighted by Crippen LogP contribution is 2.25. The van der Waals surface area contributed by atoms with Gasteiger partial charge in [-0.1, -0.05) is 0 Å². The predicted octanol–water partition coefficient (Wildman–Crippen LogP) is 1.86. The summed E-state index contributed by atoms with van der Waals surface area (Å²) in [5.41, 5.74) is 0.731. The molecule has 1 aliphatic heterocycles. The van der Waals surface area contributed by atoms with Crippen LogP contribution in [0.2, 0.25) is 0 Å². The molecule has 0 aliphatic carbocycles.